The maximum atomic E-state index is 9.82. The highest BCUT2D eigenvalue weighted by molar-refractivity contribution is 9.10. The van der Waals surface area contributed by atoms with E-state index in [-0.39, 0.29) is 0 Å². The molecule has 0 heterocycles. The maximum absolute atomic E-state index is 9.82. The summed E-state index contributed by atoms with van der Waals surface area (Å²) >= 11 is 3.40. The zero-order valence-corrected chi connectivity index (χ0v) is 9.89. The number of aryl methyl sites for hydroxylation is 1. The monoisotopic (exact) mass is 259 g/mol. The fraction of sp³-hybridized carbons (Fsp3) is 0.400. The van der Waals surface area contributed by atoms with Crippen molar-refractivity contribution in [1.29, 1.82) is 0 Å². The third-order valence-corrected chi connectivity index (χ3v) is 2.48. The van der Waals surface area contributed by atoms with Gasteiger partial charge >= 0.3 is 0 Å². The summed E-state index contributed by atoms with van der Waals surface area (Å²) in [5.41, 5.74) is 4.47. The summed E-state index contributed by atoms with van der Waals surface area (Å²) in [6.07, 6.45) is 0.811. The number of hydrogen-bond acceptors (Lipinski definition) is 3. The molecule has 0 aromatic heterocycles. The molecule has 3 nitrogen and oxygen atoms in total. The van der Waals surface area contributed by atoms with Gasteiger partial charge in [0.15, 0.2) is 0 Å². The molecule has 0 radical (unpaired) electrons. The van der Waals surface area contributed by atoms with Gasteiger partial charge in [0.05, 0.1) is 7.11 Å². The van der Waals surface area contributed by atoms with Gasteiger partial charge in [-0.15, -0.1) is 0 Å². The van der Waals surface area contributed by atoms with Crippen LogP contribution >= 0.6 is 15.9 Å². The standard InChI is InChI=1S/C10H14BrNO2/c1-3-7-4-9(11)5-8(10(7)13)6-12-14-2/h4-5,12-13H,3,6H2,1-2H3. The summed E-state index contributed by atoms with van der Waals surface area (Å²) in [4.78, 5) is 4.74. The van der Waals surface area contributed by atoms with Crippen molar-refractivity contribution in [2.45, 2.75) is 19.9 Å². The lowest BCUT2D eigenvalue weighted by molar-refractivity contribution is 0.0861. The van der Waals surface area contributed by atoms with Crippen LogP contribution in [0.1, 0.15) is 18.1 Å². The van der Waals surface area contributed by atoms with Crippen molar-refractivity contribution in [3.63, 3.8) is 0 Å². The second kappa shape index (κ2) is 5.34. The van der Waals surface area contributed by atoms with Gasteiger partial charge in [-0.3, -0.25) is 0 Å². The largest absolute Gasteiger partial charge is 0.507 e. The molecule has 4 heteroatoms. The van der Waals surface area contributed by atoms with Crippen molar-refractivity contribution in [3.8, 4) is 5.75 Å². The zero-order valence-electron chi connectivity index (χ0n) is 8.30. The first kappa shape index (κ1) is 11.5. The average molecular weight is 260 g/mol. The van der Waals surface area contributed by atoms with E-state index in [0.29, 0.717) is 12.3 Å². The van der Waals surface area contributed by atoms with Crippen molar-refractivity contribution in [1.82, 2.24) is 5.48 Å². The zero-order chi connectivity index (χ0) is 10.6. The van der Waals surface area contributed by atoms with Crippen LogP contribution in [0.4, 0.5) is 0 Å². The first-order chi connectivity index (χ1) is 6.69. The molecule has 0 aliphatic rings. The van der Waals surface area contributed by atoms with Gasteiger partial charge in [-0.2, -0.15) is 5.48 Å². The molecular formula is C10H14BrNO2. The quantitative estimate of drug-likeness (QED) is 0.816. The predicted octanol–water partition coefficient (Wildman–Crippen LogP) is 2.37. The molecule has 1 aromatic rings. The van der Waals surface area contributed by atoms with Gasteiger partial charge in [0.1, 0.15) is 5.75 Å². The van der Waals surface area contributed by atoms with Crippen molar-refractivity contribution in [2.75, 3.05) is 7.11 Å². The Labute approximate surface area is 92.2 Å². The van der Waals surface area contributed by atoms with Crippen LogP contribution < -0.4 is 5.48 Å². The van der Waals surface area contributed by atoms with Crippen molar-refractivity contribution in [3.05, 3.63) is 27.7 Å². The van der Waals surface area contributed by atoms with E-state index in [4.69, 9.17) is 4.84 Å². The van der Waals surface area contributed by atoms with E-state index < -0.39 is 0 Å². The van der Waals surface area contributed by atoms with Gasteiger partial charge < -0.3 is 9.94 Å². The Morgan fingerprint density at radius 3 is 2.64 bits per heavy atom. The van der Waals surface area contributed by atoms with Crippen LogP contribution in [0.3, 0.4) is 0 Å². The highest BCUT2D eigenvalue weighted by Gasteiger charge is 2.07. The fourth-order valence-corrected chi connectivity index (χ4v) is 1.82. The number of aromatic hydroxyl groups is 1. The minimum absolute atomic E-state index is 0.347. The minimum atomic E-state index is 0.347. The SMILES string of the molecule is CCc1cc(Br)cc(CNOC)c1O. The number of rotatable bonds is 4. The predicted molar refractivity (Wildman–Crippen MR) is 59.0 cm³/mol. The normalized spacial score (nSPS) is 10.5. The number of hydrogen-bond donors (Lipinski definition) is 2. The van der Waals surface area contributed by atoms with Crippen LogP contribution in [0, 0.1) is 0 Å². The molecule has 0 aliphatic heterocycles. The maximum Gasteiger partial charge on any atom is 0.123 e. The van der Waals surface area contributed by atoms with Crippen LogP contribution in [0.2, 0.25) is 0 Å². The molecule has 0 fully saturated rings. The molecule has 14 heavy (non-hydrogen) atoms. The van der Waals surface area contributed by atoms with E-state index in [0.717, 1.165) is 22.0 Å². The molecule has 0 unspecified atom stereocenters. The third kappa shape index (κ3) is 2.70. The summed E-state index contributed by atoms with van der Waals surface area (Å²) in [5, 5.41) is 9.82. The number of phenols is 1. The van der Waals surface area contributed by atoms with Gasteiger partial charge in [-0.05, 0) is 24.1 Å². The highest BCUT2D eigenvalue weighted by Crippen LogP contribution is 2.27. The van der Waals surface area contributed by atoms with E-state index in [1.165, 1.54) is 0 Å². The van der Waals surface area contributed by atoms with E-state index >= 15 is 0 Å². The molecule has 0 amide bonds. The Balaban J connectivity index is 2.96. The Morgan fingerprint density at radius 1 is 1.43 bits per heavy atom. The van der Waals surface area contributed by atoms with E-state index in [1.54, 1.807) is 7.11 Å². The van der Waals surface area contributed by atoms with Crippen molar-refractivity contribution in [2.24, 2.45) is 0 Å². The topological polar surface area (TPSA) is 41.5 Å². The summed E-state index contributed by atoms with van der Waals surface area (Å²) in [5.74, 6) is 0.347. The van der Waals surface area contributed by atoms with Crippen molar-refractivity contribution < 1.29 is 9.94 Å². The third-order valence-electron chi connectivity index (χ3n) is 2.02. The Morgan fingerprint density at radius 2 is 2.07 bits per heavy atom. The van der Waals surface area contributed by atoms with Gasteiger partial charge in [0, 0.05) is 16.6 Å². The molecule has 0 bridgehead atoms. The smallest absolute Gasteiger partial charge is 0.123 e. The molecule has 1 rings (SSSR count). The van der Waals surface area contributed by atoms with Crippen LogP contribution in [-0.4, -0.2) is 12.2 Å². The number of benzene rings is 1. The molecule has 0 saturated carbocycles. The number of nitrogens with one attached hydrogen (secondary N) is 1. The lowest BCUT2D eigenvalue weighted by atomic mass is 10.1. The lowest BCUT2D eigenvalue weighted by Gasteiger charge is -2.09. The number of hydroxylamine groups is 1. The van der Waals surface area contributed by atoms with Crippen LogP contribution in [0.5, 0.6) is 5.75 Å². The highest BCUT2D eigenvalue weighted by atomic mass is 79.9. The van der Waals surface area contributed by atoms with Gasteiger partial charge in [0.25, 0.3) is 0 Å². The van der Waals surface area contributed by atoms with E-state index in [1.807, 2.05) is 19.1 Å². The number of phenolic OH excluding ortho intramolecular Hbond substituents is 1. The molecule has 0 aliphatic carbocycles. The first-order valence-electron chi connectivity index (χ1n) is 4.45. The number of halogens is 1. The summed E-state index contributed by atoms with van der Waals surface area (Å²) in [7, 11) is 1.55. The Kier molecular flexibility index (Phi) is 4.38. The average Bonchev–Trinajstić information content (AvgIpc) is 2.18. The van der Waals surface area contributed by atoms with E-state index in [2.05, 4.69) is 21.4 Å². The fourth-order valence-electron chi connectivity index (χ4n) is 1.27. The molecule has 1 aromatic carbocycles. The van der Waals surface area contributed by atoms with Crippen LogP contribution in [0.15, 0.2) is 16.6 Å². The Bertz CT molecular complexity index is 315. The molecule has 78 valence electrons. The second-order valence-electron chi connectivity index (χ2n) is 2.95. The molecule has 2 N–H and O–H groups in total. The van der Waals surface area contributed by atoms with Gasteiger partial charge in [0.2, 0.25) is 0 Å². The van der Waals surface area contributed by atoms with Crippen LogP contribution in [0.25, 0.3) is 0 Å². The van der Waals surface area contributed by atoms with Gasteiger partial charge in [-0.25, -0.2) is 0 Å². The molecule has 0 atom stereocenters. The minimum Gasteiger partial charge on any atom is -0.507 e. The Hall–Kier alpha value is -0.580. The molecule has 0 saturated heterocycles. The van der Waals surface area contributed by atoms with Crippen molar-refractivity contribution >= 4 is 15.9 Å². The van der Waals surface area contributed by atoms with Gasteiger partial charge in [-0.1, -0.05) is 22.9 Å². The van der Waals surface area contributed by atoms with Crippen LogP contribution in [-0.2, 0) is 17.8 Å². The summed E-state index contributed by atoms with van der Waals surface area (Å²) in [6, 6.07) is 3.80. The first-order valence-corrected chi connectivity index (χ1v) is 5.24. The summed E-state index contributed by atoms with van der Waals surface area (Å²) in [6.45, 7) is 2.50. The second-order valence-corrected chi connectivity index (χ2v) is 3.87. The molecular weight excluding hydrogens is 246 g/mol. The van der Waals surface area contributed by atoms with E-state index in [9.17, 15) is 5.11 Å². The summed E-state index contributed by atoms with van der Waals surface area (Å²) < 4.78 is 0.972. The lowest BCUT2D eigenvalue weighted by Crippen LogP contribution is -2.11. The molecule has 0 spiro atoms.